The number of hydrogen-bond acceptors (Lipinski definition) is 4. The molecule has 0 amide bonds. The Morgan fingerprint density at radius 2 is 2.14 bits per heavy atom. The maximum atomic E-state index is 4.27. The second-order valence-electron chi connectivity index (χ2n) is 2.80. The zero-order valence-corrected chi connectivity index (χ0v) is 8.71. The third kappa shape index (κ3) is 1.90. The van der Waals surface area contributed by atoms with Crippen molar-refractivity contribution in [1.82, 2.24) is 9.97 Å². The third-order valence-corrected chi connectivity index (χ3v) is 2.80. The molecule has 0 atom stereocenters. The Hall–Kier alpha value is -1.42. The Morgan fingerprint density at radius 1 is 1.36 bits per heavy atom. The van der Waals surface area contributed by atoms with Crippen LogP contribution in [0.5, 0.6) is 0 Å². The van der Waals surface area contributed by atoms with Crippen LogP contribution in [0.3, 0.4) is 0 Å². The van der Waals surface area contributed by atoms with Crippen molar-refractivity contribution >= 4 is 16.5 Å². The quantitative estimate of drug-likeness (QED) is 0.837. The SMILES string of the molecule is CCNc1ncc(-c2ccncc2)s1. The van der Waals surface area contributed by atoms with Crippen LogP contribution in [0.15, 0.2) is 30.7 Å². The highest BCUT2D eigenvalue weighted by Gasteiger charge is 2.02. The lowest BCUT2D eigenvalue weighted by Crippen LogP contribution is -1.94. The van der Waals surface area contributed by atoms with Gasteiger partial charge in [-0.15, -0.1) is 0 Å². The van der Waals surface area contributed by atoms with Gasteiger partial charge in [0.25, 0.3) is 0 Å². The van der Waals surface area contributed by atoms with E-state index in [0.29, 0.717) is 0 Å². The first-order chi connectivity index (χ1) is 6.90. The molecule has 0 aliphatic carbocycles. The van der Waals surface area contributed by atoms with Gasteiger partial charge >= 0.3 is 0 Å². The lowest BCUT2D eigenvalue weighted by atomic mass is 10.2. The van der Waals surface area contributed by atoms with Crippen molar-refractivity contribution in [3.8, 4) is 10.4 Å². The molecule has 2 rings (SSSR count). The summed E-state index contributed by atoms with van der Waals surface area (Å²) in [6.45, 7) is 2.97. The summed E-state index contributed by atoms with van der Waals surface area (Å²) >= 11 is 1.66. The summed E-state index contributed by atoms with van der Waals surface area (Å²) in [5.41, 5.74) is 1.17. The molecule has 2 heterocycles. The van der Waals surface area contributed by atoms with Crippen LogP contribution in [-0.4, -0.2) is 16.5 Å². The fourth-order valence-electron chi connectivity index (χ4n) is 1.16. The van der Waals surface area contributed by atoms with E-state index in [0.717, 1.165) is 11.7 Å². The van der Waals surface area contributed by atoms with Gasteiger partial charge in [-0.2, -0.15) is 0 Å². The predicted octanol–water partition coefficient (Wildman–Crippen LogP) is 2.64. The molecule has 0 bridgehead atoms. The lowest BCUT2D eigenvalue weighted by molar-refractivity contribution is 1.19. The molecule has 0 aliphatic heterocycles. The Bertz CT molecular complexity index is 397. The normalized spacial score (nSPS) is 10.1. The average Bonchev–Trinajstić information content (AvgIpc) is 2.68. The maximum Gasteiger partial charge on any atom is 0.183 e. The van der Waals surface area contributed by atoms with Crippen molar-refractivity contribution in [2.24, 2.45) is 0 Å². The highest BCUT2D eigenvalue weighted by molar-refractivity contribution is 7.18. The third-order valence-electron chi connectivity index (χ3n) is 1.80. The zero-order chi connectivity index (χ0) is 9.80. The van der Waals surface area contributed by atoms with E-state index in [2.05, 4.69) is 22.2 Å². The van der Waals surface area contributed by atoms with Gasteiger partial charge in [-0.3, -0.25) is 4.98 Å². The van der Waals surface area contributed by atoms with Crippen molar-refractivity contribution in [2.45, 2.75) is 6.92 Å². The molecule has 72 valence electrons. The van der Waals surface area contributed by atoms with E-state index in [-0.39, 0.29) is 0 Å². The molecule has 1 N–H and O–H groups in total. The summed E-state index contributed by atoms with van der Waals surface area (Å²) in [4.78, 5) is 9.42. The summed E-state index contributed by atoms with van der Waals surface area (Å²) in [6, 6.07) is 3.98. The second kappa shape index (κ2) is 4.19. The fourth-order valence-corrected chi connectivity index (χ4v) is 2.05. The van der Waals surface area contributed by atoms with E-state index >= 15 is 0 Å². The summed E-state index contributed by atoms with van der Waals surface area (Å²) < 4.78 is 0. The molecule has 14 heavy (non-hydrogen) atoms. The number of anilines is 1. The van der Waals surface area contributed by atoms with E-state index < -0.39 is 0 Å². The molecule has 2 aromatic heterocycles. The van der Waals surface area contributed by atoms with Crippen LogP contribution < -0.4 is 5.32 Å². The van der Waals surface area contributed by atoms with Crippen LogP contribution in [0, 0.1) is 0 Å². The Labute approximate surface area is 86.8 Å². The Kier molecular flexibility index (Phi) is 2.74. The number of pyridine rings is 1. The number of thiazole rings is 1. The molecule has 0 saturated carbocycles. The van der Waals surface area contributed by atoms with Crippen molar-refractivity contribution in [2.75, 3.05) is 11.9 Å². The minimum absolute atomic E-state index is 0.906. The summed E-state index contributed by atoms with van der Waals surface area (Å²) in [6.07, 6.45) is 5.47. The van der Waals surface area contributed by atoms with E-state index in [1.165, 1.54) is 10.4 Å². The van der Waals surface area contributed by atoms with Crippen molar-refractivity contribution < 1.29 is 0 Å². The molecule has 3 nitrogen and oxygen atoms in total. The van der Waals surface area contributed by atoms with Gasteiger partial charge in [-0.1, -0.05) is 11.3 Å². The summed E-state index contributed by atoms with van der Waals surface area (Å²) in [5, 5.41) is 4.16. The number of nitrogens with zero attached hydrogens (tertiary/aromatic N) is 2. The molecule has 4 heteroatoms. The largest absolute Gasteiger partial charge is 0.362 e. The van der Waals surface area contributed by atoms with Gasteiger partial charge in [0.2, 0.25) is 0 Å². The molecule has 0 radical (unpaired) electrons. The number of hydrogen-bond donors (Lipinski definition) is 1. The molecule has 0 aromatic carbocycles. The summed E-state index contributed by atoms with van der Waals surface area (Å²) in [5.74, 6) is 0. The maximum absolute atomic E-state index is 4.27. The molecule has 0 spiro atoms. The molecular weight excluding hydrogens is 194 g/mol. The van der Waals surface area contributed by atoms with Gasteiger partial charge in [-0.25, -0.2) is 4.98 Å². The van der Waals surface area contributed by atoms with Crippen molar-refractivity contribution in [1.29, 1.82) is 0 Å². The van der Waals surface area contributed by atoms with Crippen LogP contribution in [0.1, 0.15) is 6.92 Å². The first-order valence-electron chi connectivity index (χ1n) is 4.50. The lowest BCUT2D eigenvalue weighted by Gasteiger charge is -1.94. The van der Waals surface area contributed by atoms with Crippen molar-refractivity contribution in [3.63, 3.8) is 0 Å². The van der Waals surface area contributed by atoms with Crippen molar-refractivity contribution in [3.05, 3.63) is 30.7 Å². The first kappa shape index (κ1) is 9.15. The number of nitrogens with one attached hydrogen (secondary N) is 1. The topological polar surface area (TPSA) is 37.8 Å². The van der Waals surface area contributed by atoms with Gasteiger partial charge < -0.3 is 5.32 Å². The minimum Gasteiger partial charge on any atom is -0.362 e. The van der Waals surface area contributed by atoms with E-state index in [9.17, 15) is 0 Å². The molecule has 0 aliphatic rings. The standard InChI is InChI=1S/C10H11N3S/c1-2-12-10-13-7-9(14-10)8-3-5-11-6-4-8/h3-7H,2H2,1H3,(H,12,13). The second-order valence-corrected chi connectivity index (χ2v) is 3.83. The summed E-state index contributed by atoms with van der Waals surface area (Å²) in [7, 11) is 0. The number of rotatable bonds is 3. The minimum atomic E-state index is 0.906. The molecule has 2 aromatic rings. The van der Waals surface area contributed by atoms with Gasteiger partial charge in [0.05, 0.1) is 4.88 Å². The number of aromatic nitrogens is 2. The van der Waals surface area contributed by atoms with Gasteiger partial charge in [-0.05, 0) is 24.6 Å². The van der Waals surface area contributed by atoms with Gasteiger partial charge in [0.15, 0.2) is 5.13 Å². The van der Waals surface area contributed by atoms with Crippen LogP contribution in [0.4, 0.5) is 5.13 Å². The first-order valence-corrected chi connectivity index (χ1v) is 5.32. The smallest absolute Gasteiger partial charge is 0.183 e. The van der Waals surface area contributed by atoms with Crippen LogP contribution >= 0.6 is 11.3 Å². The Balaban J connectivity index is 2.25. The fraction of sp³-hybridized carbons (Fsp3) is 0.200. The highest BCUT2D eigenvalue weighted by atomic mass is 32.1. The molecule has 0 saturated heterocycles. The molecule has 0 fully saturated rings. The zero-order valence-electron chi connectivity index (χ0n) is 7.90. The van der Waals surface area contributed by atoms with E-state index in [4.69, 9.17) is 0 Å². The van der Waals surface area contributed by atoms with Gasteiger partial charge in [0.1, 0.15) is 0 Å². The monoisotopic (exact) mass is 205 g/mol. The Morgan fingerprint density at radius 3 is 2.86 bits per heavy atom. The van der Waals surface area contributed by atoms with E-state index in [1.807, 2.05) is 18.3 Å². The van der Waals surface area contributed by atoms with Crippen LogP contribution in [0.25, 0.3) is 10.4 Å². The van der Waals surface area contributed by atoms with E-state index in [1.54, 1.807) is 23.7 Å². The van der Waals surface area contributed by atoms with Crippen LogP contribution in [-0.2, 0) is 0 Å². The van der Waals surface area contributed by atoms with Crippen LogP contribution in [0.2, 0.25) is 0 Å². The molecule has 0 unspecified atom stereocenters. The van der Waals surface area contributed by atoms with Gasteiger partial charge in [0, 0.05) is 25.1 Å². The molecular formula is C10H11N3S. The average molecular weight is 205 g/mol. The highest BCUT2D eigenvalue weighted by Crippen LogP contribution is 2.27. The predicted molar refractivity (Wildman–Crippen MR) is 59.5 cm³/mol.